The van der Waals surface area contributed by atoms with Crippen molar-refractivity contribution in [2.24, 2.45) is 11.3 Å². The minimum absolute atomic E-state index is 0.0193. The first-order valence-electron chi connectivity index (χ1n) is 8.35. The molecule has 3 rings (SSSR count). The molecule has 1 aliphatic heterocycles. The molecule has 0 aromatic heterocycles. The lowest BCUT2D eigenvalue weighted by Crippen LogP contribution is -2.61. The molecule has 1 saturated heterocycles. The van der Waals surface area contributed by atoms with Gasteiger partial charge in [-0.3, -0.25) is 10.1 Å². The number of carbonyl (C=O) groups is 1. The molecule has 1 aromatic rings. The molecule has 1 amide bonds. The van der Waals surface area contributed by atoms with Crippen LogP contribution in [-0.4, -0.2) is 17.2 Å². The van der Waals surface area contributed by atoms with E-state index in [0.29, 0.717) is 0 Å². The van der Waals surface area contributed by atoms with Gasteiger partial charge in [0.15, 0.2) is 0 Å². The molecule has 0 spiro atoms. The molecule has 4 atom stereocenters. The number of hydrogen-bond donors (Lipinski definition) is 2. The third kappa shape index (κ3) is 2.67. The molecule has 1 fully saturated rings. The normalized spacial score (nSPS) is 33.8. The molecule has 4 unspecified atom stereocenters. The summed E-state index contributed by atoms with van der Waals surface area (Å²) in [7, 11) is 0. The van der Waals surface area contributed by atoms with E-state index in [1.807, 2.05) is 0 Å². The smallest absolute Gasteiger partial charge is 0.227 e. The van der Waals surface area contributed by atoms with Crippen molar-refractivity contribution in [3.63, 3.8) is 0 Å². The van der Waals surface area contributed by atoms with Gasteiger partial charge in [-0.1, -0.05) is 45.0 Å². The van der Waals surface area contributed by atoms with Gasteiger partial charge in [-0.2, -0.15) is 0 Å². The van der Waals surface area contributed by atoms with Crippen molar-refractivity contribution in [3.05, 3.63) is 35.4 Å². The summed E-state index contributed by atoms with van der Waals surface area (Å²) in [6.45, 7) is 6.64. The number of thioether (sulfide) groups is 1. The molecule has 4 heteroatoms. The first-order chi connectivity index (χ1) is 10.6. The van der Waals surface area contributed by atoms with Crippen molar-refractivity contribution in [1.82, 2.24) is 10.6 Å². The Labute approximate surface area is 137 Å². The molecule has 2 aliphatic rings. The molecule has 3 nitrogen and oxygen atoms in total. The lowest BCUT2D eigenvalue weighted by molar-refractivity contribution is -0.134. The SMILES string of the molecule is CCCSC1NC(=O)C2C(N1)c1ccccc1CC2(C)CC. The number of amides is 1. The predicted molar refractivity (Wildman–Crippen MR) is 92.6 cm³/mol. The zero-order valence-corrected chi connectivity index (χ0v) is 14.5. The monoisotopic (exact) mass is 318 g/mol. The predicted octanol–water partition coefficient (Wildman–Crippen LogP) is 3.46. The topological polar surface area (TPSA) is 41.1 Å². The van der Waals surface area contributed by atoms with Gasteiger partial charge in [0, 0.05) is 6.04 Å². The summed E-state index contributed by atoms with van der Waals surface area (Å²) in [5, 5.41) is 6.88. The maximum Gasteiger partial charge on any atom is 0.227 e. The Hall–Kier alpha value is -1.00. The number of benzene rings is 1. The highest BCUT2D eigenvalue weighted by Gasteiger charge is 2.50. The van der Waals surface area contributed by atoms with Gasteiger partial charge in [0.05, 0.1) is 5.92 Å². The summed E-state index contributed by atoms with van der Waals surface area (Å²) in [4.78, 5) is 12.8. The lowest BCUT2D eigenvalue weighted by atomic mass is 9.61. The van der Waals surface area contributed by atoms with E-state index < -0.39 is 0 Å². The van der Waals surface area contributed by atoms with Crippen LogP contribution < -0.4 is 10.6 Å². The van der Waals surface area contributed by atoms with Crippen LogP contribution in [0.15, 0.2) is 24.3 Å². The fraction of sp³-hybridized carbons (Fsp3) is 0.611. The van der Waals surface area contributed by atoms with Crippen molar-refractivity contribution in [1.29, 1.82) is 0 Å². The molecule has 2 N–H and O–H groups in total. The Kier molecular flexibility index (Phi) is 4.51. The molecule has 22 heavy (non-hydrogen) atoms. The van der Waals surface area contributed by atoms with E-state index in [1.165, 1.54) is 11.1 Å². The van der Waals surface area contributed by atoms with Crippen LogP contribution in [0.2, 0.25) is 0 Å². The summed E-state index contributed by atoms with van der Waals surface area (Å²) < 4.78 is 0. The first-order valence-corrected chi connectivity index (χ1v) is 9.39. The van der Waals surface area contributed by atoms with Crippen LogP contribution in [0.3, 0.4) is 0 Å². The molecule has 1 aromatic carbocycles. The van der Waals surface area contributed by atoms with E-state index in [2.05, 4.69) is 55.7 Å². The van der Waals surface area contributed by atoms with Crippen LogP contribution in [-0.2, 0) is 11.2 Å². The Morgan fingerprint density at radius 2 is 2.09 bits per heavy atom. The zero-order valence-electron chi connectivity index (χ0n) is 13.7. The lowest BCUT2D eigenvalue weighted by Gasteiger charge is -2.50. The molecular formula is C18H26N2OS. The second kappa shape index (κ2) is 6.25. The third-order valence-electron chi connectivity index (χ3n) is 5.25. The van der Waals surface area contributed by atoms with Crippen molar-refractivity contribution < 1.29 is 4.79 Å². The first kappa shape index (κ1) is 15.9. The highest BCUT2D eigenvalue weighted by atomic mass is 32.2. The van der Waals surface area contributed by atoms with Crippen molar-refractivity contribution in [2.45, 2.75) is 51.6 Å². The van der Waals surface area contributed by atoms with Gasteiger partial charge < -0.3 is 5.32 Å². The van der Waals surface area contributed by atoms with E-state index in [-0.39, 0.29) is 28.8 Å². The van der Waals surface area contributed by atoms with Crippen LogP contribution in [0.5, 0.6) is 0 Å². The second-order valence-electron chi connectivity index (χ2n) is 6.76. The molecule has 0 radical (unpaired) electrons. The number of nitrogens with one attached hydrogen (secondary N) is 2. The van der Waals surface area contributed by atoms with Crippen LogP contribution >= 0.6 is 11.8 Å². The van der Waals surface area contributed by atoms with E-state index >= 15 is 0 Å². The molecule has 1 aliphatic carbocycles. The maximum atomic E-state index is 12.8. The summed E-state index contributed by atoms with van der Waals surface area (Å²) in [5.41, 5.74) is 2.77. The Morgan fingerprint density at radius 1 is 1.32 bits per heavy atom. The van der Waals surface area contributed by atoms with E-state index in [0.717, 1.165) is 25.0 Å². The maximum absolute atomic E-state index is 12.8. The Morgan fingerprint density at radius 3 is 2.82 bits per heavy atom. The van der Waals surface area contributed by atoms with Crippen LogP contribution in [0.25, 0.3) is 0 Å². The highest BCUT2D eigenvalue weighted by Crippen LogP contribution is 2.49. The number of fused-ring (bicyclic) bond motifs is 3. The number of rotatable bonds is 4. The standard InChI is InChI=1S/C18H26N2OS/c1-4-10-22-17-19-15-13-9-7-6-8-12(13)11-18(3,5-2)14(15)16(21)20-17/h6-9,14-15,17,19H,4-5,10-11H2,1-3H3,(H,20,21). The number of hydrogen-bond acceptors (Lipinski definition) is 3. The fourth-order valence-electron chi connectivity index (χ4n) is 3.87. The average Bonchev–Trinajstić information content (AvgIpc) is 2.52. The minimum Gasteiger partial charge on any atom is -0.331 e. The van der Waals surface area contributed by atoms with Crippen LogP contribution in [0, 0.1) is 11.3 Å². The van der Waals surface area contributed by atoms with E-state index in [4.69, 9.17) is 0 Å². The highest BCUT2D eigenvalue weighted by molar-refractivity contribution is 7.99. The van der Waals surface area contributed by atoms with Crippen molar-refractivity contribution >= 4 is 17.7 Å². The molecular weight excluding hydrogens is 292 g/mol. The van der Waals surface area contributed by atoms with Crippen LogP contribution in [0.1, 0.15) is 50.8 Å². The van der Waals surface area contributed by atoms with E-state index in [9.17, 15) is 4.79 Å². The summed E-state index contributed by atoms with van der Waals surface area (Å²) in [6, 6.07) is 8.75. The van der Waals surface area contributed by atoms with Gasteiger partial charge in [0.25, 0.3) is 0 Å². The second-order valence-corrected chi connectivity index (χ2v) is 7.98. The summed E-state index contributed by atoms with van der Waals surface area (Å²) >= 11 is 1.80. The van der Waals surface area contributed by atoms with Gasteiger partial charge in [-0.15, -0.1) is 11.8 Å². The van der Waals surface area contributed by atoms with Crippen molar-refractivity contribution in [3.8, 4) is 0 Å². The zero-order chi connectivity index (χ0) is 15.7. The Balaban J connectivity index is 1.96. The number of carbonyl (C=O) groups excluding carboxylic acids is 1. The third-order valence-corrected chi connectivity index (χ3v) is 6.48. The van der Waals surface area contributed by atoms with Crippen molar-refractivity contribution in [2.75, 3.05) is 5.75 Å². The minimum atomic E-state index is 0.0193. The molecule has 0 bridgehead atoms. The van der Waals surface area contributed by atoms with Gasteiger partial charge >= 0.3 is 0 Å². The molecule has 0 saturated carbocycles. The summed E-state index contributed by atoms with van der Waals surface area (Å²) in [5.74, 6) is 1.30. The van der Waals surface area contributed by atoms with E-state index in [1.54, 1.807) is 11.8 Å². The van der Waals surface area contributed by atoms with Gasteiger partial charge in [0.2, 0.25) is 5.91 Å². The molecule has 1 heterocycles. The largest absolute Gasteiger partial charge is 0.331 e. The van der Waals surface area contributed by atoms with Gasteiger partial charge in [-0.05, 0) is 41.6 Å². The molecule has 120 valence electrons. The van der Waals surface area contributed by atoms with Gasteiger partial charge in [-0.25, -0.2) is 0 Å². The van der Waals surface area contributed by atoms with Crippen LogP contribution in [0.4, 0.5) is 0 Å². The fourth-order valence-corrected chi connectivity index (χ4v) is 4.79. The quantitative estimate of drug-likeness (QED) is 0.893. The average molecular weight is 318 g/mol. The van der Waals surface area contributed by atoms with Gasteiger partial charge in [0.1, 0.15) is 5.50 Å². The summed E-state index contributed by atoms with van der Waals surface area (Å²) in [6.07, 6.45) is 3.13. The Bertz CT molecular complexity index is 562.